The van der Waals surface area contributed by atoms with Crippen LogP contribution in [-0.2, 0) is 28.7 Å². The molecule has 2 atom stereocenters. The summed E-state index contributed by atoms with van der Waals surface area (Å²) in [7, 11) is 1.59. The molecule has 156 valence electrons. The molecule has 0 aromatic carbocycles. The standard InChI is InChI=1S/C20H35NO6/c1-4-16(22)13-15(19(24)5-2)14-17(23)8-9-18(21)20(25)7-6-10-27-12-11-26-3/h15,18H,4-14,21H2,1-3H3. The van der Waals surface area contributed by atoms with Gasteiger partial charge < -0.3 is 15.2 Å². The Balaban J connectivity index is 4.19. The highest BCUT2D eigenvalue weighted by molar-refractivity contribution is 5.92. The van der Waals surface area contributed by atoms with E-state index in [0.717, 1.165) is 0 Å². The van der Waals surface area contributed by atoms with Crippen LogP contribution < -0.4 is 5.73 Å². The molecule has 0 bridgehead atoms. The molecule has 0 heterocycles. The lowest BCUT2D eigenvalue weighted by atomic mass is 9.88. The summed E-state index contributed by atoms with van der Waals surface area (Å²) in [6.45, 7) is 4.94. The van der Waals surface area contributed by atoms with E-state index < -0.39 is 12.0 Å². The largest absolute Gasteiger partial charge is 0.382 e. The molecule has 0 aliphatic carbocycles. The van der Waals surface area contributed by atoms with E-state index in [9.17, 15) is 19.2 Å². The van der Waals surface area contributed by atoms with E-state index in [-0.39, 0.29) is 48.8 Å². The van der Waals surface area contributed by atoms with Gasteiger partial charge in [-0.25, -0.2) is 0 Å². The van der Waals surface area contributed by atoms with Gasteiger partial charge in [-0.05, 0) is 12.8 Å². The highest BCUT2D eigenvalue weighted by Crippen LogP contribution is 2.16. The van der Waals surface area contributed by atoms with Crippen molar-refractivity contribution < 1.29 is 28.7 Å². The fourth-order valence-corrected chi connectivity index (χ4v) is 2.64. The van der Waals surface area contributed by atoms with Gasteiger partial charge in [-0.15, -0.1) is 0 Å². The third-order valence-electron chi connectivity index (χ3n) is 4.44. The number of nitrogens with two attached hydrogens (primary N) is 1. The van der Waals surface area contributed by atoms with Crippen molar-refractivity contribution in [3.05, 3.63) is 0 Å². The maximum atomic E-state index is 12.2. The van der Waals surface area contributed by atoms with Crippen LogP contribution in [-0.4, -0.2) is 56.1 Å². The van der Waals surface area contributed by atoms with E-state index in [1.54, 1.807) is 21.0 Å². The second kappa shape index (κ2) is 15.6. The van der Waals surface area contributed by atoms with Crippen LogP contribution in [0, 0.1) is 5.92 Å². The van der Waals surface area contributed by atoms with Crippen molar-refractivity contribution in [3.8, 4) is 0 Å². The molecule has 0 aliphatic rings. The van der Waals surface area contributed by atoms with Crippen molar-refractivity contribution in [3.63, 3.8) is 0 Å². The Morgan fingerprint density at radius 2 is 1.52 bits per heavy atom. The minimum Gasteiger partial charge on any atom is -0.382 e. The Bertz CT molecular complexity index is 477. The van der Waals surface area contributed by atoms with Crippen LogP contribution in [0.5, 0.6) is 0 Å². The Hall–Kier alpha value is -1.44. The Labute approximate surface area is 162 Å². The van der Waals surface area contributed by atoms with Crippen LogP contribution in [0.3, 0.4) is 0 Å². The first-order valence-corrected chi connectivity index (χ1v) is 9.76. The lowest BCUT2D eigenvalue weighted by molar-refractivity contribution is -0.131. The number of carbonyl (C=O) groups excluding carboxylic acids is 4. The molecule has 0 aromatic heterocycles. The van der Waals surface area contributed by atoms with E-state index in [2.05, 4.69) is 0 Å². The van der Waals surface area contributed by atoms with Crippen molar-refractivity contribution in [1.82, 2.24) is 0 Å². The fraction of sp³-hybridized carbons (Fsp3) is 0.800. The highest BCUT2D eigenvalue weighted by atomic mass is 16.5. The maximum Gasteiger partial charge on any atom is 0.149 e. The molecule has 0 saturated heterocycles. The molecule has 0 aromatic rings. The lowest BCUT2D eigenvalue weighted by Crippen LogP contribution is -2.31. The van der Waals surface area contributed by atoms with Gasteiger partial charge in [0.1, 0.15) is 23.1 Å². The number of ketones is 4. The first-order valence-electron chi connectivity index (χ1n) is 9.76. The number of methoxy groups -OCH3 is 1. The molecule has 0 spiro atoms. The van der Waals surface area contributed by atoms with Gasteiger partial charge in [-0.3, -0.25) is 19.2 Å². The zero-order valence-electron chi connectivity index (χ0n) is 17.0. The number of hydrogen-bond acceptors (Lipinski definition) is 7. The summed E-state index contributed by atoms with van der Waals surface area (Å²) in [5.74, 6) is -0.864. The summed E-state index contributed by atoms with van der Waals surface area (Å²) < 4.78 is 10.1. The molecule has 0 saturated carbocycles. The molecule has 0 amide bonds. The molecule has 2 unspecified atom stereocenters. The normalized spacial score (nSPS) is 13.2. The van der Waals surface area contributed by atoms with Crippen LogP contribution in [0.15, 0.2) is 0 Å². The molecule has 0 rings (SSSR count). The molecule has 7 nitrogen and oxygen atoms in total. The van der Waals surface area contributed by atoms with Crippen LogP contribution in [0.4, 0.5) is 0 Å². The Morgan fingerprint density at radius 3 is 2.11 bits per heavy atom. The molecule has 27 heavy (non-hydrogen) atoms. The third-order valence-corrected chi connectivity index (χ3v) is 4.44. The minimum atomic E-state index is -0.689. The average molecular weight is 386 g/mol. The zero-order valence-corrected chi connectivity index (χ0v) is 17.0. The van der Waals surface area contributed by atoms with Crippen molar-refractivity contribution in [2.45, 2.75) is 71.3 Å². The number of Topliss-reactive ketones (excluding diaryl/α,β-unsaturated/α-hetero) is 4. The minimum absolute atomic E-state index is 0.0193. The van der Waals surface area contributed by atoms with Gasteiger partial charge in [0, 0.05) is 58.2 Å². The molecular formula is C20H35NO6. The SMILES string of the molecule is CCC(=O)CC(CC(=O)CCC(N)C(=O)CCCOCCOC)C(=O)CC. The number of hydrogen-bond donors (Lipinski definition) is 1. The Morgan fingerprint density at radius 1 is 0.852 bits per heavy atom. The first-order chi connectivity index (χ1) is 12.8. The molecule has 0 radical (unpaired) electrons. The van der Waals surface area contributed by atoms with E-state index >= 15 is 0 Å². The van der Waals surface area contributed by atoms with Gasteiger partial charge in [-0.1, -0.05) is 13.8 Å². The molecule has 0 fully saturated rings. The van der Waals surface area contributed by atoms with Gasteiger partial charge in [0.25, 0.3) is 0 Å². The smallest absolute Gasteiger partial charge is 0.149 e. The van der Waals surface area contributed by atoms with Crippen LogP contribution in [0.25, 0.3) is 0 Å². The van der Waals surface area contributed by atoms with Crippen LogP contribution >= 0.6 is 0 Å². The van der Waals surface area contributed by atoms with Crippen molar-refractivity contribution >= 4 is 23.1 Å². The van der Waals surface area contributed by atoms with Crippen molar-refractivity contribution in [1.29, 1.82) is 0 Å². The average Bonchev–Trinajstić information content (AvgIpc) is 2.67. The summed E-state index contributed by atoms with van der Waals surface area (Å²) in [6, 6.07) is -0.689. The van der Waals surface area contributed by atoms with Crippen LogP contribution in [0.1, 0.15) is 65.2 Å². The van der Waals surface area contributed by atoms with Gasteiger partial charge >= 0.3 is 0 Å². The molecular weight excluding hydrogens is 350 g/mol. The number of ether oxygens (including phenoxy) is 2. The van der Waals surface area contributed by atoms with Gasteiger partial charge in [0.15, 0.2) is 0 Å². The summed E-state index contributed by atoms with van der Waals surface area (Å²) in [5, 5.41) is 0. The predicted octanol–water partition coefficient (Wildman–Crippen LogP) is 2.03. The Kier molecular flexibility index (Phi) is 14.8. The van der Waals surface area contributed by atoms with E-state index in [1.165, 1.54) is 0 Å². The molecule has 0 aliphatic heterocycles. The van der Waals surface area contributed by atoms with Crippen LogP contribution in [0.2, 0.25) is 0 Å². The number of carbonyl (C=O) groups is 4. The maximum absolute atomic E-state index is 12.2. The predicted molar refractivity (Wildman–Crippen MR) is 102 cm³/mol. The van der Waals surface area contributed by atoms with Gasteiger partial charge in [0.05, 0.1) is 19.3 Å². The van der Waals surface area contributed by atoms with Gasteiger partial charge in [0.2, 0.25) is 0 Å². The fourth-order valence-electron chi connectivity index (χ4n) is 2.64. The third kappa shape index (κ3) is 12.5. The second-order valence-corrected chi connectivity index (χ2v) is 6.68. The van der Waals surface area contributed by atoms with Crippen molar-refractivity contribution in [2.24, 2.45) is 11.7 Å². The second-order valence-electron chi connectivity index (χ2n) is 6.68. The van der Waals surface area contributed by atoms with Gasteiger partial charge in [-0.2, -0.15) is 0 Å². The first kappa shape index (κ1) is 25.6. The highest BCUT2D eigenvalue weighted by Gasteiger charge is 2.23. The summed E-state index contributed by atoms with van der Waals surface area (Å²) >= 11 is 0. The lowest BCUT2D eigenvalue weighted by Gasteiger charge is -2.14. The van der Waals surface area contributed by atoms with E-state index in [4.69, 9.17) is 15.2 Å². The summed E-state index contributed by atoms with van der Waals surface area (Å²) in [4.78, 5) is 47.7. The van der Waals surface area contributed by atoms with Crippen molar-refractivity contribution in [2.75, 3.05) is 26.9 Å². The quantitative estimate of drug-likeness (QED) is 0.359. The van der Waals surface area contributed by atoms with E-state index in [1.807, 2.05) is 0 Å². The zero-order chi connectivity index (χ0) is 20.7. The molecule has 7 heteroatoms. The topological polar surface area (TPSA) is 113 Å². The number of rotatable bonds is 18. The molecule has 2 N–H and O–H groups in total. The summed E-state index contributed by atoms with van der Waals surface area (Å²) in [6.07, 6.45) is 2.12. The summed E-state index contributed by atoms with van der Waals surface area (Å²) in [5.41, 5.74) is 5.86. The monoisotopic (exact) mass is 385 g/mol. The van der Waals surface area contributed by atoms with E-state index in [0.29, 0.717) is 45.5 Å².